The van der Waals surface area contributed by atoms with Crippen molar-refractivity contribution in [1.29, 1.82) is 0 Å². The summed E-state index contributed by atoms with van der Waals surface area (Å²) < 4.78 is 5.32. The van der Waals surface area contributed by atoms with Gasteiger partial charge in [0.15, 0.2) is 11.6 Å². The van der Waals surface area contributed by atoms with Crippen LogP contribution in [0.15, 0.2) is 24.3 Å². The lowest BCUT2D eigenvalue weighted by molar-refractivity contribution is 0.0692. The molecule has 3 aromatic rings. The Morgan fingerprint density at radius 2 is 1.96 bits per heavy atom. The number of aromatic amines is 2. The highest BCUT2D eigenvalue weighted by molar-refractivity contribution is 5.99. The van der Waals surface area contributed by atoms with Crippen molar-refractivity contribution in [2.75, 3.05) is 13.2 Å². The Kier molecular flexibility index (Phi) is 4.53. The van der Waals surface area contributed by atoms with Crippen molar-refractivity contribution in [2.45, 2.75) is 32.7 Å². The average molecular weight is 366 g/mol. The summed E-state index contributed by atoms with van der Waals surface area (Å²) in [6.07, 6.45) is 1.64. The SMILES string of the molecule is CC(=O)c1cc2cc(-c3nc(C(=O)NC4CCOCC4)[nH]c3C)ccc2[nH]1. The molecule has 4 rings (SSSR count). The number of imidazole rings is 1. The third-order valence-corrected chi connectivity index (χ3v) is 4.93. The normalized spacial score (nSPS) is 15.2. The number of H-pyrrole nitrogens is 2. The number of carbonyl (C=O) groups is 2. The summed E-state index contributed by atoms with van der Waals surface area (Å²) in [6, 6.07) is 7.80. The Balaban J connectivity index is 1.59. The molecule has 3 heterocycles. The monoisotopic (exact) mass is 366 g/mol. The molecule has 1 aromatic carbocycles. The predicted molar refractivity (Wildman–Crippen MR) is 102 cm³/mol. The number of amides is 1. The number of ketones is 1. The molecular formula is C20H22N4O3. The summed E-state index contributed by atoms with van der Waals surface area (Å²) in [5.74, 6) is 0.112. The smallest absolute Gasteiger partial charge is 0.287 e. The van der Waals surface area contributed by atoms with Crippen molar-refractivity contribution >= 4 is 22.6 Å². The molecule has 0 atom stereocenters. The van der Waals surface area contributed by atoms with Gasteiger partial charge in [-0.15, -0.1) is 0 Å². The fourth-order valence-electron chi connectivity index (χ4n) is 3.41. The molecule has 0 radical (unpaired) electrons. The largest absolute Gasteiger partial charge is 0.381 e. The van der Waals surface area contributed by atoms with Crippen LogP contribution < -0.4 is 5.32 Å². The lowest BCUT2D eigenvalue weighted by Crippen LogP contribution is -2.39. The second-order valence-corrected chi connectivity index (χ2v) is 6.96. The Labute approximate surface area is 156 Å². The van der Waals surface area contributed by atoms with Gasteiger partial charge in [-0.1, -0.05) is 6.07 Å². The number of hydrogen-bond donors (Lipinski definition) is 3. The predicted octanol–water partition coefficient (Wildman–Crippen LogP) is 2.98. The van der Waals surface area contributed by atoms with Gasteiger partial charge in [-0.3, -0.25) is 9.59 Å². The van der Waals surface area contributed by atoms with Gasteiger partial charge in [0.05, 0.1) is 11.4 Å². The van der Waals surface area contributed by atoms with E-state index < -0.39 is 0 Å². The van der Waals surface area contributed by atoms with Crippen LogP contribution in [0.1, 0.15) is 46.6 Å². The topological polar surface area (TPSA) is 99.9 Å². The van der Waals surface area contributed by atoms with E-state index in [0.717, 1.165) is 40.7 Å². The van der Waals surface area contributed by atoms with Crippen molar-refractivity contribution < 1.29 is 14.3 Å². The van der Waals surface area contributed by atoms with E-state index in [9.17, 15) is 9.59 Å². The number of aryl methyl sites for hydroxylation is 1. The van der Waals surface area contributed by atoms with E-state index in [1.54, 1.807) is 0 Å². The lowest BCUT2D eigenvalue weighted by atomic mass is 10.1. The van der Waals surface area contributed by atoms with Crippen LogP contribution in [0.4, 0.5) is 0 Å². The summed E-state index contributed by atoms with van der Waals surface area (Å²) in [6.45, 7) is 4.78. The van der Waals surface area contributed by atoms with E-state index in [0.29, 0.717) is 24.7 Å². The molecule has 0 aliphatic carbocycles. The first-order valence-electron chi connectivity index (χ1n) is 9.10. The minimum Gasteiger partial charge on any atom is -0.381 e. The molecule has 27 heavy (non-hydrogen) atoms. The third kappa shape index (κ3) is 3.50. The zero-order valence-electron chi connectivity index (χ0n) is 15.4. The zero-order chi connectivity index (χ0) is 19.0. The summed E-state index contributed by atoms with van der Waals surface area (Å²) >= 11 is 0. The molecule has 0 bridgehead atoms. The summed E-state index contributed by atoms with van der Waals surface area (Å²) in [4.78, 5) is 34.8. The van der Waals surface area contributed by atoms with Crippen LogP contribution in [0.2, 0.25) is 0 Å². The Bertz CT molecular complexity index is 1010. The van der Waals surface area contributed by atoms with Crippen LogP contribution in [0.5, 0.6) is 0 Å². The van der Waals surface area contributed by atoms with Crippen LogP contribution in [0.25, 0.3) is 22.2 Å². The van der Waals surface area contributed by atoms with E-state index >= 15 is 0 Å². The fourth-order valence-corrected chi connectivity index (χ4v) is 3.41. The highest BCUT2D eigenvalue weighted by Gasteiger charge is 2.20. The van der Waals surface area contributed by atoms with E-state index in [1.807, 2.05) is 31.2 Å². The van der Waals surface area contributed by atoms with Gasteiger partial charge in [-0.2, -0.15) is 0 Å². The van der Waals surface area contributed by atoms with E-state index in [4.69, 9.17) is 4.74 Å². The number of hydrogen-bond acceptors (Lipinski definition) is 4. The number of nitrogens with zero attached hydrogens (tertiary/aromatic N) is 1. The molecular weight excluding hydrogens is 344 g/mol. The molecule has 140 valence electrons. The highest BCUT2D eigenvalue weighted by Crippen LogP contribution is 2.26. The Hall–Kier alpha value is -2.93. The molecule has 3 N–H and O–H groups in total. The first kappa shape index (κ1) is 17.5. The van der Waals surface area contributed by atoms with Gasteiger partial charge in [-0.05, 0) is 38.0 Å². The minimum absolute atomic E-state index is 0.00392. The van der Waals surface area contributed by atoms with Gasteiger partial charge < -0.3 is 20.0 Å². The van der Waals surface area contributed by atoms with Crippen LogP contribution in [0.3, 0.4) is 0 Å². The summed E-state index contributed by atoms with van der Waals surface area (Å²) in [5.41, 5.74) is 3.94. The first-order valence-corrected chi connectivity index (χ1v) is 9.10. The number of rotatable bonds is 4. The number of carbonyl (C=O) groups excluding carboxylic acids is 2. The molecule has 7 nitrogen and oxygen atoms in total. The molecule has 1 fully saturated rings. The standard InChI is InChI=1S/C20H22N4O3/c1-11-18(13-3-4-16-14(9-13)10-17(23-16)12(2)25)24-19(21-11)20(26)22-15-5-7-27-8-6-15/h3-4,9-10,15,23H,5-8H2,1-2H3,(H,21,24)(H,22,26). The lowest BCUT2D eigenvalue weighted by Gasteiger charge is -2.22. The second kappa shape index (κ2) is 7.00. The maximum Gasteiger partial charge on any atom is 0.287 e. The maximum atomic E-state index is 12.5. The Morgan fingerprint density at radius 1 is 1.19 bits per heavy atom. The van der Waals surface area contributed by atoms with Crippen molar-refractivity contribution in [3.63, 3.8) is 0 Å². The molecule has 0 unspecified atom stereocenters. The first-order chi connectivity index (χ1) is 13.0. The molecule has 1 saturated heterocycles. The fraction of sp³-hybridized carbons (Fsp3) is 0.350. The van der Waals surface area contributed by atoms with Gasteiger partial charge in [0.1, 0.15) is 0 Å². The van der Waals surface area contributed by atoms with Gasteiger partial charge in [0, 0.05) is 48.3 Å². The van der Waals surface area contributed by atoms with Gasteiger partial charge >= 0.3 is 0 Å². The van der Waals surface area contributed by atoms with Crippen LogP contribution in [-0.4, -0.2) is 45.9 Å². The number of benzene rings is 1. The number of nitrogens with one attached hydrogen (secondary N) is 3. The molecule has 1 aliphatic rings. The summed E-state index contributed by atoms with van der Waals surface area (Å²) in [5, 5.41) is 3.96. The molecule has 0 spiro atoms. The van der Waals surface area contributed by atoms with Crippen LogP contribution in [-0.2, 0) is 4.74 Å². The van der Waals surface area contributed by atoms with Crippen molar-refractivity contribution in [2.24, 2.45) is 0 Å². The number of ether oxygens (including phenoxy) is 1. The van der Waals surface area contributed by atoms with Crippen LogP contribution in [0, 0.1) is 6.92 Å². The van der Waals surface area contributed by atoms with E-state index in [2.05, 4.69) is 20.3 Å². The quantitative estimate of drug-likeness (QED) is 0.618. The van der Waals surface area contributed by atoms with Crippen molar-refractivity contribution in [3.05, 3.63) is 41.5 Å². The number of fused-ring (bicyclic) bond motifs is 1. The van der Waals surface area contributed by atoms with Crippen molar-refractivity contribution in [3.8, 4) is 11.3 Å². The molecule has 2 aromatic heterocycles. The van der Waals surface area contributed by atoms with Gasteiger partial charge in [0.25, 0.3) is 5.91 Å². The van der Waals surface area contributed by atoms with E-state index in [-0.39, 0.29) is 17.7 Å². The van der Waals surface area contributed by atoms with Gasteiger partial charge in [0.2, 0.25) is 0 Å². The maximum absolute atomic E-state index is 12.5. The third-order valence-electron chi connectivity index (χ3n) is 4.93. The van der Waals surface area contributed by atoms with Crippen LogP contribution >= 0.6 is 0 Å². The molecule has 1 aliphatic heterocycles. The van der Waals surface area contributed by atoms with Gasteiger partial charge in [-0.25, -0.2) is 4.98 Å². The Morgan fingerprint density at radius 3 is 2.70 bits per heavy atom. The highest BCUT2D eigenvalue weighted by atomic mass is 16.5. The summed E-state index contributed by atoms with van der Waals surface area (Å²) in [7, 11) is 0. The number of Topliss-reactive ketones (excluding diaryl/α,β-unsaturated/α-hetero) is 1. The zero-order valence-corrected chi connectivity index (χ0v) is 15.4. The minimum atomic E-state index is -0.196. The van der Waals surface area contributed by atoms with Crippen molar-refractivity contribution in [1.82, 2.24) is 20.3 Å². The molecule has 0 saturated carbocycles. The second-order valence-electron chi connectivity index (χ2n) is 6.96. The molecule has 1 amide bonds. The number of aromatic nitrogens is 3. The molecule has 7 heteroatoms. The van der Waals surface area contributed by atoms with E-state index in [1.165, 1.54) is 6.92 Å². The average Bonchev–Trinajstić information content (AvgIpc) is 3.25.